The van der Waals surface area contributed by atoms with Crippen LogP contribution in [0.5, 0.6) is 0 Å². The fourth-order valence-electron chi connectivity index (χ4n) is 4.12. The number of sulfonamides is 1. The molecule has 1 aliphatic rings. The number of piperidine rings is 1. The Bertz CT molecular complexity index is 1160. The van der Waals surface area contributed by atoms with Crippen LogP contribution in [0, 0.1) is 0 Å². The number of rotatable bonds is 10. The normalized spacial score (nSPS) is 15.3. The standard InChI is InChI=1S/C26H31N3O3S2/c30-26(22-11-5-2-6-12-22)28-20-24-13-14-25(33-24)34(31,32)29-18-15-23(16-19-29)27-17-7-10-21-8-3-1-4-9-21/h1-6,8-9,11-14,23,27H,7,10,15-20H2,(H,28,30). The smallest absolute Gasteiger partial charge is 0.252 e. The quantitative estimate of drug-likeness (QED) is 0.414. The first-order valence-corrected chi connectivity index (χ1v) is 14.0. The van der Waals surface area contributed by atoms with Crippen LogP contribution in [0.1, 0.15) is 40.1 Å². The summed E-state index contributed by atoms with van der Waals surface area (Å²) in [5.74, 6) is -0.170. The van der Waals surface area contributed by atoms with E-state index in [0.29, 0.717) is 35.4 Å². The van der Waals surface area contributed by atoms with Crippen molar-refractivity contribution < 1.29 is 13.2 Å². The molecule has 2 N–H and O–H groups in total. The number of benzene rings is 2. The van der Waals surface area contributed by atoms with Gasteiger partial charge in [-0.3, -0.25) is 4.79 Å². The number of aryl methyl sites for hydroxylation is 1. The summed E-state index contributed by atoms with van der Waals surface area (Å²) < 4.78 is 28.2. The van der Waals surface area contributed by atoms with Crippen LogP contribution in [0.2, 0.25) is 0 Å². The highest BCUT2D eigenvalue weighted by atomic mass is 32.2. The second-order valence-corrected chi connectivity index (χ2v) is 11.8. The predicted octanol–water partition coefficient (Wildman–Crippen LogP) is 4.05. The van der Waals surface area contributed by atoms with Gasteiger partial charge in [-0.1, -0.05) is 48.5 Å². The Morgan fingerprint density at radius 2 is 1.62 bits per heavy atom. The summed E-state index contributed by atoms with van der Waals surface area (Å²) >= 11 is 1.23. The van der Waals surface area contributed by atoms with E-state index in [1.54, 1.807) is 28.6 Å². The van der Waals surface area contributed by atoms with Gasteiger partial charge in [0.05, 0.1) is 6.54 Å². The molecule has 34 heavy (non-hydrogen) atoms. The number of hydrogen-bond donors (Lipinski definition) is 2. The van der Waals surface area contributed by atoms with Gasteiger partial charge in [-0.15, -0.1) is 11.3 Å². The highest BCUT2D eigenvalue weighted by Crippen LogP contribution is 2.27. The molecule has 2 heterocycles. The van der Waals surface area contributed by atoms with Crippen molar-refractivity contribution in [2.24, 2.45) is 0 Å². The second-order valence-electron chi connectivity index (χ2n) is 8.49. The number of nitrogens with zero attached hydrogens (tertiary/aromatic N) is 1. The largest absolute Gasteiger partial charge is 0.347 e. The molecule has 0 aliphatic carbocycles. The van der Waals surface area contributed by atoms with Crippen molar-refractivity contribution in [3.8, 4) is 0 Å². The van der Waals surface area contributed by atoms with Crippen LogP contribution < -0.4 is 10.6 Å². The first kappa shape index (κ1) is 24.6. The molecule has 0 bridgehead atoms. The molecule has 0 unspecified atom stereocenters. The van der Waals surface area contributed by atoms with Crippen LogP contribution in [-0.4, -0.2) is 44.3 Å². The third-order valence-corrected chi connectivity index (χ3v) is 9.51. The van der Waals surface area contributed by atoms with Crippen molar-refractivity contribution in [3.63, 3.8) is 0 Å². The molecule has 0 spiro atoms. The predicted molar refractivity (Wildman–Crippen MR) is 136 cm³/mol. The average molecular weight is 498 g/mol. The zero-order chi connectivity index (χ0) is 23.8. The van der Waals surface area contributed by atoms with Gasteiger partial charge in [0.2, 0.25) is 0 Å². The molecule has 1 fully saturated rings. The van der Waals surface area contributed by atoms with E-state index >= 15 is 0 Å². The molecule has 0 saturated carbocycles. The van der Waals surface area contributed by atoms with Gasteiger partial charge < -0.3 is 10.6 Å². The van der Waals surface area contributed by atoms with Gasteiger partial charge in [-0.05, 0) is 62.1 Å². The summed E-state index contributed by atoms with van der Waals surface area (Å²) in [5.41, 5.74) is 1.93. The van der Waals surface area contributed by atoms with Crippen molar-refractivity contribution in [2.75, 3.05) is 19.6 Å². The average Bonchev–Trinajstić information content (AvgIpc) is 3.37. The summed E-state index contributed by atoms with van der Waals surface area (Å²) in [7, 11) is -3.51. The van der Waals surface area contributed by atoms with Gasteiger partial charge in [0.15, 0.2) is 0 Å². The monoisotopic (exact) mass is 497 g/mol. The van der Waals surface area contributed by atoms with Gasteiger partial charge in [-0.2, -0.15) is 4.31 Å². The number of carbonyl (C=O) groups is 1. The van der Waals surface area contributed by atoms with E-state index in [0.717, 1.165) is 37.1 Å². The van der Waals surface area contributed by atoms with E-state index in [1.807, 2.05) is 24.3 Å². The van der Waals surface area contributed by atoms with Crippen LogP contribution >= 0.6 is 11.3 Å². The molecule has 1 amide bonds. The summed E-state index contributed by atoms with van der Waals surface area (Å²) in [4.78, 5) is 13.0. The Morgan fingerprint density at radius 1 is 0.941 bits per heavy atom. The number of thiophene rings is 1. The lowest BCUT2D eigenvalue weighted by Crippen LogP contribution is -2.44. The second kappa shape index (κ2) is 11.8. The van der Waals surface area contributed by atoms with Crippen molar-refractivity contribution in [2.45, 2.75) is 42.5 Å². The van der Waals surface area contributed by atoms with Gasteiger partial charge >= 0.3 is 0 Å². The van der Waals surface area contributed by atoms with E-state index in [2.05, 4.69) is 34.9 Å². The molecule has 8 heteroatoms. The third-order valence-electron chi connectivity index (χ3n) is 6.06. The lowest BCUT2D eigenvalue weighted by molar-refractivity contribution is 0.0951. The first-order valence-electron chi connectivity index (χ1n) is 11.7. The van der Waals surface area contributed by atoms with E-state index in [4.69, 9.17) is 0 Å². The summed E-state index contributed by atoms with van der Waals surface area (Å²) in [6.45, 7) is 2.30. The number of amides is 1. The highest BCUT2D eigenvalue weighted by molar-refractivity contribution is 7.91. The zero-order valence-corrected chi connectivity index (χ0v) is 20.8. The van der Waals surface area contributed by atoms with E-state index in [1.165, 1.54) is 16.9 Å². The number of hydrogen-bond acceptors (Lipinski definition) is 5. The van der Waals surface area contributed by atoms with Crippen LogP contribution in [0.4, 0.5) is 0 Å². The van der Waals surface area contributed by atoms with Crippen molar-refractivity contribution in [1.29, 1.82) is 0 Å². The van der Waals surface area contributed by atoms with E-state index in [9.17, 15) is 13.2 Å². The molecule has 0 radical (unpaired) electrons. The summed E-state index contributed by atoms with van der Waals surface area (Å²) in [5, 5.41) is 6.44. The minimum Gasteiger partial charge on any atom is -0.347 e. The van der Waals surface area contributed by atoms with Crippen LogP contribution in [0.3, 0.4) is 0 Å². The summed E-state index contributed by atoms with van der Waals surface area (Å²) in [6, 6.07) is 23.2. The van der Waals surface area contributed by atoms with Gasteiger partial charge in [-0.25, -0.2) is 8.42 Å². The van der Waals surface area contributed by atoms with Crippen molar-refractivity contribution in [1.82, 2.24) is 14.9 Å². The lowest BCUT2D eigenvalue weighted by atomic mass is 10.1. The topological polar surface area (TPSA) is 78.5 Å². The summed E-state index contributed by atoms with van der Waals surface area (Å²) in [6.07, 6.45) is 3.75. The van der Waals surface area contributed by atoms with Gasteiger partial charge in [0.1, 0.15) is 4.21 Å². The first-order chi connectivity index (χ1) is 16.5. The maximum Gasteiger partial charge on any atom is 0.252 e. The molecule has 0 atom stereocenters. The Hall–Kier alpha value is -2.52. The molecule has 6 nitrogen and oxygen atoms in total. The molecule has 1 saturated heterocycles. The number of carbonyl (C=O) groups excluding carboxylic acids is 1. The fourth-order valence-corrected chi connectivity index (χ4v) is 7.04. The van der Waals surface area contributed by atoms with Crippen LogP contribution in [0.25, 0.3) is 0 Å². The molecular formula is C26H31N3O3S2. The molecule has 1 aromatic heterocycles. The van der Waals surface area contributed by atoms with Gasteiger partial charge in [0, 0.05) is 29.6 Å². The Labute approximate surface area is 206 Å². The zero-order valence-electron chi connectivity index (χ0n) is 19.2. The van der Waals surface area contributed by atoms with Crippen LogP contribution in [0.15, 0.2) is 77.0 Å². The Kier molecular flexibility index (Phi) is 8.50. The minimum absolute atomic E-state index is 0.170. The molecule has 4 rings (SSSR count). The van der Waals surface area contributed by atoms with Crippen molar-refractivity contribution in [3.05, 3.63) is 88.8 Å². The SMILES string of the molecule is O=C(NCc1ccc(S(=O)(=O)N2CCC(NCCCc3ccccc3)CC2)s1)c1ccccc1. The lowest BCUT2D eigenvalue weighted by Gasteiger charge is -2.31. The molecule has 1 aliphatic heterocycles. The molecule has 3 aromatic rings. The van der Waals surface area contributed by atoms with E-state index in [-0.39, 0.29) is 5.91 Å². The van der Waals surface area contributed by atoms with Crippen molar-refractivity contribution >= 4 is 27.3 Å². The molecule has 2 aromatic carbocycles. The molecular weight excluding hydrogens is 466 g/mol. The third kappa shape index (κ3) is 6.54. The maximum atomic E-state index is 13.1. The van der Waals surface area contributed by atoms with Crippen LogP contribution in [-0.2, 0) is 23.0 Å². The fraction of sp³-hybridized carbons (Fsp3) is 0.346. The molecule has 180 valence electrons. The number of nitrogens with one attached hydrogen (secondary N) is 2. The highest BCUT2D eigenvalue weighted by Gasteiger charge is 2.30. The minimum atomic E-state index is -3.51. The van der Waals surface area contributed by atoms with E-state index < -0.39 is 10.0 Å². The maximum absolute atomic E-state index is 13.1. The van der Waals surface area contributed by atoms with Gasteiger partial charge in [0.25, 0.3) is 15.9 Å². The Morgan fingerprint density at radius 3 is 2.32 bits per heavy atom. The Balaban J connectivity index is 1.22.